The van der Waals surface area contributed by atoms with Crippen molar-refractivity contribution in [1.82, 2.24) is 5.32 Å². The molecular weight excluding hydrogens is 394 g/mol. The summed E-state index contributed by atoms with van der Waals surface area (Å²) in [5.74, 6) is 0.855. The van der Waals surface area contributed by atoms with Gasteiger partial charge in [0.1, 0.15) is 5.75 Å². The molecule has 21 heavy (non-hydrogen) atoms. The maximum atomic E-state index is 5.27. The molecule has 0 fully saturated rings. The van der Waals surface area contributed by atoms with E-state index in [1.54, 1.807) is 7.11 Å². The molecule has 2 aromatic carbocycles. The fourth-order valence-electron chi connectivity index (χ4n) is 2.33. The van der Waals surface area contributed by atoms with Crippen LogP contribution in [0.3, 0.4) is 0 Å². The highest BCUT2D eigenvalue weighted by Gasteiger charge is 2.17. The number of aryl methyl sites for hydroxylation is 1. The van der Waals surface area contributed by atoms with Crippen LogP contribution in [0.5, 0.6) is 5.75 Å². The van der Waals surface area contributed by atoms with Crippen molar-refractivity contribution in [3.05, 3.63) is 62.0 Å². The summed E-state index contributed by atoms with van der Waals surface area (Å²) in [6.45, 7) is 5.13. The number of halogens is 2. The highest BCUT2D eigenvalue weighted by atomic mass is 79.9. The number of methoxy groups -OCH3 is 1. The molecule has 1 unspecified atom stereocenters. The number of rotatable bonds is 5. The van der Waals surface area contributed by atoms with Gasteiger partial charge in [0.15, 0.2) is 0 Å². The summed E-state index contributed by atoms with van der Waals surface area (Å²) in [4.78, 5) is 0. The molecule has 0 aliphatic rings. The summed E-state index contributed by atoms with van der Waals surface area (Å²) in [5.41, 5.74) is 3.70. The van der Waals surface area contributed by atoms with Gasteiger partial charge in [-0.3, -0.25) is 0 Å². The summed E-state index contributed by atoms with van der Waals surface area (Å²) < 4.78 is 7.46. The summed E-state index contributed by atoms with van der Waals surface area (Å²) >= 11 is 7.22. The van der Waals surface area contributed by atoms with Crippen molar-refractivity contribution in [3.8, 4) is 5.75 Å². The van der Waals surface area contributed by atoms with Crippen LogP contribution < -0.4 is 10.1 Å². The van der Waals surface area contributed by atoms with Crippen molar-refractivity contribution in [1.29, 1.82) is 0 Å². The number of hydrogen-bond donors (Lipinski definition) is 1. The van der Waals surface area contributed by atoms with Crippen LogP contribution in [0.25, 0.3) is 0 Å². The minimum atomic E-state index is 0.155. The van der Waals surface area contributed by atoms with E-state index in [9.17, 15) is 0 Å². The second-order valence-corrected chi connectivity index (χ2v) is 6.60. The summed E-state index contributed by atoms with van der Waals surface area (Å²) in [6.07, 6.45) is 0. The minimum absolute atomic E-state index is 0.155. The van der Waals surface area contributed by atoms with Gasteiger partial charge in [-0.1, -0.05) is 57.0 Å². The Labute approximate surface area is 143 Å². The maximum absolute atomic E-state index is 5.27. The van der Waals surface area contributed by atoms with Crippen molar-refractivity contribution in [2.24, 2.45) is 0 Å². The number of ether oxygens (including phenoxy) is 1. The van der Waals surface area contributed by atoms with Crippen molar-refractivity contribution in [2.45, 2.75) is 19.9 Å². The van der Waals surface area contributed by atoms with Gasteiger partial charge in [-0.15, -0.1) is 0 Å². The Morgan fingerprint density at radius 1 is 1.10 bits per heavy atom. The predicted molar refractivity (Wildman–Crippen MR) is 95.1 cm³/mol. The van der Waals surface area contributed by atoms with Crippen molar-refractivity contribution in [3.63, 3.8) is 0 Å². The smallest absolute Gasteiger partial charge is 0.120 e. The Hall–Kier alpha value is -0.840. The zero-order valence-corrected chi connectivity index (χ0v) is 15.6. The first-order valence-corrected chi connectivity index (χ1v) is 8.48. The lowest BCUT2D eigenvalue weighted by atomic mass is 9.97. The standard InChI is InChI=1S/C17H19Br2NO/c1-4-20-17(12-5-8-15(18)11(2)9-12)14-7-6-13(21-3)10-16(14)19/h5-10,17,20H,4H2,1-3H3. The topological polar surface area (TPSA) is 21.3 Å². The molecule has 0 bridgehead atoms. The third kappa shape index (κ3) is 3.87. The van der Waals surface area contributed by atoms with E-state index in [1.165, 1.54) is 16.7 Å². The molecule has 0 saturated heterocycles. The number of benzene rings is 2. The molecule has 112 valence electrons. The van der Waals surface area contributed by atoms with E-state index in [4.69, 9.17) is 4.74 Å². The Balaban J connectivity index is 2.45. The van der Waals surface area contributed by atoms with Gasteiger partial charge in [0.05, 0.1) is 13.2 Å². The lowest BCUT2D eigenvalue weighted by Crippen LogP contribution is -2.22. The largest absolute Gasteiger partial charge is 0.497 e. The third-order valence-corrected chi connectivity index (χ3v) is 5.02. The fourth-order valence-corrected chi connectivity index (χ4v) is 3.16. The Kier molecular flexibility index (Phi) is 5.85. The first-order valence-electron chi connectivity index (χ1n) is 6.89. The second-order valence-electron chi connectivity index (χ2n) is 4.89. The van der Waals surface area contributed by atoms with E-state index >= 15 is 0 Å². The average Bonchev–Trinajstić information content (AvgIpc) is 2.48. The van der Waals surface area contributed by atoms with Crippen LogP contribution >= 0.6 is 31.9 Å². The maximum Gasteiger partial charge on any atom is 0.120 e. The van der Waals surface area contributed by atoms with E-state index in [2.05, 4.69) is 75.3 Å². The third-order valence-electron chi connectivity index (χ3n) is 3.44. The second kappa shape index (κ2) is 7.43. The van der Waals surface area contributed by atoms with E-state index < -0.39 is 0 Å². The lowest BCUT2D eigenvalue weighted by molar-refractivity contribution is 0.414. The highest BCUT2D eigenvalue weighted by Crippen LogP contribution is 2.32. The van der Waals surface area contributed by atoms with Gasteiger partial charge >= 0.3 is 0 Å². The molecule has 2 nitrogen and oxygen atoms in total. The van der Waals surface area contributed by atoms with Crippen molar-refractivity contribution in [2.75, 3.05) is 13.7 Å². The van der Waals surface area contributed by atoms with E-state index in [1.807, 2.05) is 12.1 Å². The van der Waals surface area contributed by atoms with Crippen LogP contribution in [-0.2, 0) is 0 Å². The molecule has 1 atom stereocenters. The molecule has 2 aromatic rings. The quantitative estimate of drug-likeness (QED) is 0.725. The van der Waals surface area contributed by atoms with Gasteiger partial charge < -0.3 is 10.1 Å². The lowest BCUT2D eigenvalue weighted by Gasteiger charge is -2.21. The zero-order chi connectivity index (χ0) is 15.4. The molecule has 0 spiro atoms. The van der Waals surface area contributed by atoms with Crippen LogP contribution in [0.4, 0.5) is 0 Å². The van der Waals surface area contributed by atoms with Gasteiger partial charge in [0.2, 0.25) is 0 Å². The molecule has 0 radical (unpaired) electrons. The zero-order valence-electron chi connectivity index (χ0n) is 12.4. The number of hydrogen-bond acceptors (Lipinski definition) is 2. The molecule has 2 rings (SSSR count). The van der Waals surface area contributed by atoms with Gasteiger partial charge in [-0.2, -0.15) is 0 Å². The number of nitrogens with one attached hydrogen (secondary N) is 1. The highest BCUT2D eigenvalue weighted by molar-refractivity contribution is 9.10. The van der Waals surface area contributed by atoms with E-state index in [0.717, 1.165) is 21.2 Å². The van der Waals surface area contributed by atoms with Crippen LogP contribution in [0, 0.1) is 6.92 Å². The van der Waals surface area contributed by atoms with Crippen LogP contribution in [0.2, 0.25) is 0 Å². The molecule has 1 N–H and O–H groups in total. The Morgan fingerprint density at radius 3 is 2.43 bits per heavy atom. The first-order chi connectivity index (χ1) is 10.1. The van der Waals surface area contributed by atoms with Crippen LogP contribution in [-0.4, -0.2) is 13.7 Å². The minimum Gasteiger partial charge on any atom is -0.497 e. The van der Waals surface area contributed by atoms with Gasteiger partial charge in [0.25, 0.3) is 0 Å². The summed E-state index contributed by atoms with van der Waals surface area (Å²) in [5, 5.41) is 3.55. The van der Waals surface area contributed by atoms with E-state index in [0.29, 0.717) is 0 Å². The molecular formula is C17H19Br2NO. The fraction of sp³-hybridized carbons (Fsp3) is 0.294. The molecule has 4 heteroatoms. The molecule has 0 amide bonds. The Bertz CT molecular complexity index is 628. The van der Waals surface area contributed by atoms with Crippen LogP contribution in [0.1, 0.15) is 29.7 Å². The first kappa shape index (κ1) is 16.5. The van der Waals surface area contributed by atoms with Gasteiger partial charge in [0, 0.05) is 8.95 Å². The van der Waals surface area contributed by atoms with Crippen molar-refractivity contribution >= 4 is 31.9 Å². The molecule has 0 saturated carbocycles. The average molecular weight is 413 g/mol. The molecule has 0 aliphatic heterocycles. The van der Waals surface area contributed by atoms with Gasteiger partial charge in [-0.05, 0) is 48.4 Å². The predicted octanol–water partition coefficient (Wildman–Crippen LogP) is 5.23. The normalized spacial score (nSPS) is 12.2. The molecule has 0 aromatic heterocycles. The molecule has 0 aliphatic carbocycles. The monoisotopic (exact) mass is 411 g/mol. The summed E-state index contributed by atoms with van der Waals surface area (Å²) in [6, 6.07) is 12.7. The van der Waals surface area contributed by atoms with Gasteiger partial charge in [-0.25, -0.2) is 0 Å². The van der Waals surface area contributed by atoms with Crippen molar-refractivity contribution < 1.29 is 4.74 Å². The SMILES string of the molecule is CCNC(c1ccc(Br)c(C)c1)c1ccc(OC)cc1Br. The van der Waals surface area contributed by atoms with Crippen LogP contribution in [0.15, 0.2) is 45.3 Å². The Morgan fingerprint density at radius 2 is 1.86 bits per heavy atom. The molecule has 0 heterocycles. The van der Waals surface area contributed by atoms with E-state index in [-0.39, 0.29) is 6.04 Å². The summed E-state index contributed by atoms with van der Waals surface area (Å²) in [7, 11) is 1.68.